The molecule has 0 radical (unpaired) electrons. The first-order valence-corrected chi connectivity index (χ1v) is 12.2. The van der Waals surface area contributed by atoms with E-state index in [9.17, 15) is 9.59 Å². The highest BCUT2D eigenvalue weighted by Gasteiger charge is 2.26. The number of ether oxygens (including phenoxy) is 1. The molecule has 0 bridgehead atoms. The highest BCUT2D eigenvalue weighted by atomic mass is 32.2. The molecule has 0 aromatic heterocycles. The Labute approximate surface area is 194 Å². The SMILES string of the molecule is Cc1ccc(C)c(CN2C(=O)CSc3ccc(C(=O)NCCCN4CCOCC4)cc32)c1. The van der Waals surface area contributed by atoms with Crippen molar-refractivity contribution in [3.05, 3.63) is 58.7 Å². The number of nitrogens with one attached hydrogen (secondary N) is 1. The molecule has 170 valence electrons. The Kier molecular flexibility index (Phi) is 7.50. The second kappa shape index (κ2) is 10.5. The van der Waals surface area contributed by atoms with Gasteiger partial charge in [-0.3, -0.25) is 14.5 Å². The molecule has 2 amide bonds. The molecule has 2 aliphatic heterocycles. The van der Waals surface area contributed by atoms with Gasteiger partial charge in [0, 0.05) is 30.1 Å². The summed E-state index contributed by atoms with van der Waals surface area (Å²) in [5, 5.41) is 3.03. The molecule has 1 N–H and O–H groups in total. The Morgan fingerprint density at radius 1 is 1.12 bits per heavy atom. The number of thioether (sulfide) groups is 1. The molecular weight excluding hydrogens is 422 g/mol. The monoisotopic (exact) mass is 453 g/mol. The summed E-state index contributed by atoms with van der Waals surface area (Å²) in [5.41, 5.74) is 4.89. The van der Waals surface area contributed by atoms with E-state index < -0.39 is 0 Å². The second-order valence-electron chi connectivity index (χ2n) is 8.44. The summed E-state index contributed by atoms with van der Waals surface area (Å²) in [4.78, 5) is 30.8. The number of carbonyl (C=O) groups is 2. The number of amides is 2. The van der Waals surface area contributed by atoms with E-state index >= 15 is 0 Å². The topological polar surface area (TPSA) is 61.9 Å². The molecule has 1 saturated heterocycles. The lowest BCUT2D eigenvalue weighted by atomic mass is 10.0. The van der Waals surface area contributed by atoms with Gasteiger partial charge in [0.15, 0.2) is 0 Å². The molecule has 0 spiro atoms. The van der Waals surface area contributed by atoms with Crippen LogP contribution >= 0.6 is 11.8 Å². The van der Waals surface area contributed by atoms with E-state index in [-0.39, 0.29) is 11.8 Å². The average molecular weight is 454 g/mol. The molecular formula is C25H31N3O3S. The van der Waals surface area contributed by atoms with Crippen molar-refractivity contribution in [2.24, 2.45) is 0 Å². The number of carbonyl (C=O) groups excluding carboxylic acids is 2. The van der Waals surface area contributed by atoms with Crippen molar-refractivity contribution >= 4 is 29.3 Å². The number of hydrogen-bond donors (Lipinski definition) is 1. The van der Waals surface area contributed by atoms with Crippen molar-refractivity contribution < 1.29 is 14.3 Å². The molecule has 0 unspecified atom stereocenters. The predicted octanol–water partition coefficient (Wildman–Crippen LogP) is 3.39. The Morgan fingerprint density at radius 3 is 2.75 bits per heavy atom. The van der Waals surface area contributed by atoms with E-state index in [0.29, 0.717) is 24.4 Å². The fraction of sp³-hybridized carbons (Fsp3) is 0.440. The highest BCUT2D eigenvalue weighted by molar-refractivity contribution is 8.00. The van der Waals surface area contributed by atoms with Crippen LogP contribution in [0.2, 0.25) is 0 Å². The molecule has 2 aromatic carbocycles. The third-order valence-electron chi connectivity index (χ3n) is 6.04. The van der Waals surface area contributed by atoms with Crippen LogP contribution in [0, 0.1) is 13.8 Å². The summed E-state index contributed by atoms with van der Waals surface area (Å²) < 4.78 is 5.37. The van der Waals surface area contributed by atoms with Crippen molar-refractivity contribution in [2.45, 2.75) is 31.7 Å². The third-order valence-corrected chi connectivity index (χ3v) is 7.09. The molecule has 4 rings (SSSR count). The summed E-state index contributed by atoms with van der Waals surface area (Å²) in [6, 6.07) is 12.0. The average Bonchev–Trinajstić information content (AvgIpc) is 2.81. The maximum atomic E-state index is 12.8. The van der Waals surface area contributed by atoms with E-state index in [1.807, 2.05) is 23.1 Å². The van der Waals surface area contributed by atoms with E-state index in [0.717, 1.165) is 61.0 Å². The van der Waals surface area contributed by atoms with E-state index in [1.165, 1.54) is 17.3 Å². The van der Waals surface area contributed by atoms with Crippen LogP contribution in [0.3, 0.4) is 0 Å². The van der Waals surface area contributed by atoms with Crippen LogP contribution in [-0.2, 0) is 16.1 Å². The minimum Gasteiger partial charge on any atom is -0.379 e. The smallest absolute Gasteiger partial charge is 0.251 e. The van der Waals surface area contributed by atoms with E-state index in [4.69, 9.17) is 4.74 Å². The molecule has 0 aliphatic carbocycles. The zero-order valence-electron chi connectivity index (χ0n) is 18.9. The molecule has 2 heterocycles. The van der Waals surface area contributed by atoms with Gasteiger partial charge >= 0.3 is 0 Å². The molecule has 7 heteroatoms. The Bertz CT molecular complexity index is 988. The molecule has 32 heavy (non-hydrogen) atoms. The van der Waals surface area contributed by atoms with Gasteiger partial charge in [0.25, 0.3) is 5.91 Å². The van der Waals surface area contributed by atoms with Gasteiger partial charge in [-0.1, -0.05) is 23.8 Å². The van der Waals surface area contributed by atoms with Gasteiger partial charge in [-0.25, -0.2) is 0 Å². The first-order chi connectivity index (χ1) is 15.5. The Morgan fingerprint density at radius 2 is 1.94 bits per heavy atom. The fourth-order valence-corrected chi connectivity index (χ4v) is 5.01. The lowest BCUT2D eigenvalue weighted by Crippen LogP contribution is -2.38. The first-order valence-electron chi connectivity index (χ1n) is 11.2. The lowest BCUT2D eigenvalue weighted by Gasteiger charge is -2.30. The summed E-state index contributed by atoms with van der Waals surface area (Å²) in [6.45, 7) is 9.74. The summed E-state index contributed by atoms with van der Waals surface area (Å²) >= 11 is 1.54. The van der Waals surface area contributed by atoms with Gasteiger partial charge < -0.3 is 15.0 Å². The molecule has 1 fully saturated rings. The zero-order valence-corrected chi connectivity index (χ0v) is 19.7. The van der Waals surface area contributed by atoms with Crippen LogP contribution in [0.4, 0.5) is 5.69 Å². The van der Waals surface area contributed by atoms with Crippen LogP contribution in [-0.4, -0.2) is 61.9 Å². The van der Waals surface area contributed by atoms with E-state index in [2.05, 4.69) is 42.3 Å². The molecule has 2 aliphatic rings. The zero-order chi connectivity index (χ0) is 22.5. The van der Waals surface area contributed by atoms with Gasteiger partial charge in [-0.2, -0.15) is 0 Å². The number of rotatable bonds is 7. The number of anilines is 1. The normalized spacial score (nSPS) is 16.7. The van der Waals surface area contributed by atoms with Gasteiger partial charge in [0.1, 0.15) is 0 Å². The van der Waals surface area contributed by atoms with Gasteiger partial charge in [0.2, 0.25) is 5.91 Å². The minimum atomic E-state index is -0.0931. The first kappa shape index (κ1) is 22.8. The van der Waals surface area contributed by atoms with Gasteiger partial charge in [-0.05, 0) is 56.1 Å². The number of benzene rings is 2. The number of nitrogens with zero attached hydrogens (tertiary/aromatic N) is 2. The predicted molar refractivity (Wildman–Crippen MR) is 128 cm³/mol. The highest BCUT2D eigenvalue weighted by Crippen LogP contribution is 2.37. The van der Waals surface area contributed by atoms with Crippen LogP contribution in [0.15, 0.2) is 41.3 Å². The number of hydrogen-bond acceptors (Lipinski definition) is 5. The van der Waals surface area contributed by atoms with Crippen molar-refractivity contribution in [3.8, 4) is 0 Å². The minimum absolute atomic E-state index is 0.0754. The third kappa shape index (κ3) is 5.52. The van der Waals surface area contributed by atoms with E-state index in [1.54, 1.807) is 0 Å². The van der Waals surface area contributed by atoms with Crippen molar-refractivity contribution in [3.63, 3.8) is 0 Å². The van der Waals surface area contributed by atoms with Crippen molar-refractivity contribution in [2.75, 3.05) is 50.0 Å². The van der Waals surface area contributed by atoms with Crippen molar-refractivity contribution in [1.82, 2.24) is 10.2 Å². The molecule has 0 atom stereocenters. The summed E-state index contributed by atoms with van der Waals surface area (Å²) in [6.07, 6.45) is 0.907. The standard InChI is InChI=1S/C25H31N3O3S/c1-18-4-5-19(2)21(14-18)16-28-22-15-20(6-7-23(22)32-17-24(28)29)25(30)26-8-3-9-27-10-12-31-13-11-27/h4-7,14-15H,3,8-13,16-17H2,1-2H3,(H,26,30). The van der Waals surface area contributed by atoms with Crippen molar-refractivity contribution in [1.29, 1.82) is 0 Å². The van der Waals surface area contributed by atoms with Crippen LogP contribution in [0.25, 0.3) is 0 Å². The summed E-state index contributed by atoms with van der Waals surface area (Å²) in [7, 11) is 0. The quantitative estimate of drug-likeness (QED) is 0.651. The Balaban J connectivity index is 1.42. The maximum absolute atomic E-state index is 12.8. The fourth-order valence-electron chi connectivity index (χ4n) is 4.09. The largest absolute Gasteiger partial charge is 0.379 e. The Hall–Kier alpha value is -2.35. The number of fused-ring (bicyclic) bond motifs is 1. The summed E-state index contributed by atoms with van der Waals surface area (Å²) in [5.74, 6) is 0.404. The molecule has 2 aromatic rings. The van der Waals surface area contributed by atoms with Gasteiger partial charge in [-0.15, -0.1) is 11.8 Å². The van der Waals surface area contributed by atoms with Gasteiger partial charge in [0.05, 0.1) is 31.2 Å². The number of aryl methyl sites for hydroxylation is 2. The van der Waals surface area contributed by atoms with Crippen LogP contribution in [0.5, 0.6) is 0 Å². The van der Waals surface area contributed by atoms with Crippen LogP contribution < -0.4 is 10.2 Å². The van der Waals surface area contributed by atoms with Crippen LogP contribution in [0.1, 0.15) is 33.5 Å². The maximum Gasteiger partial charge on any atom is 0.251 e. The number of morpholine rings is 1. The molecule has 6 nitrogen and oxygen atoms in total. The second-order valence-corrected chi connectivity index (χ2v) is 9.46. The molecule has 0 saturated carbocycles. The lowest BCUT2D eigenvalue weighted by molar-refractivity contribution is -0.116.